The van der Waals surface area contributed by atoms with E-state index < -0.39 is 0 Å². The van der Waals surface area contributed by atoms with Crippen molar-refractivity contribution >= 4 is 16.5 Å². The summed E-state index contributed by atoms with van der Waals surface area (Å²) in [5.41, 5.74) is 0. The van der Waals surface area contributed by atoms with Gasteiger partial charge in [-0.05, 0) is 18.4 Å². The van der Waals surface area contributed by atoms with Crippen molar-refractivity contribution in [1.82, 2.24) is 10.3 Å². The fourth-order valence-electron chi connectivity index (χ4n) is 1.24. The van der Waals surface area contributed by atoms with E-state index in [0.29, 0.717) is 0 Å². The lowest BCUT2D eigenvalue weighted by atomic mass is 9.98. The molecular weight excluding hydrogens is 218 g/mol. The zero-order valence-corrected chi connectivity index (χ0v) is 11.8. The molecule has 3 nitrogen and oxygen atoms in total. The number of rotatable bonds is 6. The molecule has 0 fully saturated rings. The van der Waals surface area contributed by atoms with Gasteiger partial charge in [-0.2, -0.15) is 0 Å². The zero-order valence-electron chi connectivity index (χ0n) is 10.9. The van der Waals surface area contributed by atoms with Gasteiger partial charge in [0, 0.05) is 31.7 Å². The van der Waals surface area contributed by atoms with Gasteiger partial charge >= 0.3 is 0 Å². The predicted molar refractivity (Wildman–Crippen MR) is 72.1 cm³/mol. The molecule has 1 aromatic rings. The molecule has 4 heteroatoms. The van der Waals surface area contributed by atoms with Crippen LogP contribution in [0, 0.1) is 11.8 Å². The minimum Gasteiger partial charge on any atom is -0.354 e. The van der Waals surface area contributed by atoms with Crippen molar-refractivity contribution in [3.63, 3.8) is 0 Å². The van der Waals surface area contributed by atoms with Crippen molar-refractivity contribution < 1.29 is 0 Å². The maximum Gasteiger partial charge on any atom is 0.185 e. The second-order valence-corrected chi connectivity index (χ2v) is 5.95. The standard InChI is InChI=1S/C12H23N3S/c1-9(2)10(3)6-13-7-11-8-14-12(16-11)15(4)5/h8-10,13H,6-7H2,1-5H3. The normalized spacial score (nSPS) is 13.1. The van der Waals surface area contributed by atoms with Crippen molar-refractivity contribution in [3.8, 4) is 0 Å². The topological polar surface area (TPSA) is 28.2 Å². The molecule has 1 aromatic heterocycles. The van der Waals surface area contributed by atoms with Crippen LogP contribution in [0.15, 0.2) is 6.20 Å². The van der Waals surface area contributed by atoms with E-state index in [1.807, 2.05) is 25.2 Å². The first-order valence-corrected chi connectivity index (χ1v) is 6.65. The van der Waals surface area contributed by atoms with Gasteiger partial charge in [0.1, 0.15) is 0 Å². The Balaban J connectivity index is 2.32. The Bertz CT molecular complexity index is 307. The van der Waals surface area contributed by atoms with Gasteiger partial charge in [-0.25, -0.2) is 4.98 Å². The number of anilines is 1. The number of thiazole rings is 1. The van der Waals surface area contributed by atoms with Gasteiger partial charge < -0.3 is 10.2 Å². The molecule has 0 aromatic carbocycles. The number of nitrogens with one attached hydrogen (secondary N) is 1. The molecule has 0 amide bonds. The quantitative estimate of drug-likeness (QED) is 0.830. The molecule has 0 aliphatic heterocycles. The third-order valence-corrected chi connectivity index (χ3v) is 3.99. The molecule has 0 aliphatic rings. The van der Waals surface area contributed by atoms with Gasteiger partial charge in [-0.3, -0.25) is 0 Å². The molecule has 1 heterocycles. The third-order valence-electron chi connectivity index (χ3n) is 2.83. The molecule has 0 saturated heterocycles. The molecule has 0 radical (unpaired) electrons. The van der Waals surface area contributed by atoms with Gasteiger partial charge in [0.25, 0.3) is 0 Å². The first kappa shape index (κ1) is 13.5. The summed E-state index contributed by atoms with van der Waals surface area (Å²) in [4.78, 5) is 7.70. The van der Waals surface area contributed by atoms with Crippen LogP contribution in [-0.2, 0) is 6.54 Å². The van der Waals surface area contributed by atoms with Crippen LogP contribution >= 0.6 is 11.3 Å². The third kappa shape index (κ3) is 4.10. The van der Waals surface area contributed by atoms with Crippen molar-refractivity contribution in [3.05, 3.63) is 11.1 Å². The van der Waals surface area contributed by atoms with Crippen molar-refractivity contribution in [1.29, 1.82) is 0 Å². The van der Waals surface area contributed by atoms with E-state index in [-0.39, 0.29) is 0 Å². The summed E-state index contributed by atoms with van der Waals surface area (Å²) < 4.78 is 0. The van der Waals surface area contributed by atoms with Crippen LogP contribution in [0.3, 0.4) is 0 Å². The molecule has 0 bridgehead atoms. The molecule has 1 unspecified atom stereocenters. The molecular formula is C12H23N3S. The largest absolute Gasteiger partial charge is 0.354 e. The van der Waals surface area contributed by atoms with Crippen LogP contribution in [0.5, 0.6) is 0 Å². The van der Waals surface area contributed by atoms with E-state index in [4.69, 9.17) is 0 Å². The fourth-order valence-corrected chi connectivity index (χ4v) is 2.05. The monoisotopic (exact) mass is 241 g/mol. The predicted octanol–water partition coefficient (Wildman–Crippen LogP) is 2.59. The Labute approximate surface area is 103 Å². The summed E-state index contributed by atoms with van der Waals surface area (Å²) >= 11 is 1.75. The van der Waals surface area contributed by atoms with E-state index in [2.05, 4.69) is 31.1 Å². The molecule has 1 rings (SSSR count). The second-order valence-electron chi connectivity index (χ2n) is 4.86. The van der Waals surface area contributed by atoms with E-state index in [1.165, 1.54) is 4.88 Å². The van der Waals surface area contributed by atoms with E-state index in [9.17, 15) is 0 Å². The molecule has 0 spiro atoms. The van der Waals surface area contributed by atoms with Crippen LogP contribution < -0.4 is 10.2 Å². The summed E-state index contributed by atoms with van der Waals surface area (Å²) in [6, 6.07) is 0. The molecule has 1 N–H and O–H groups in total. The molecule has 1 atom stereocenters. The summed E-state index contributed by atoms with van der Waals surface area (Å²) in [5.74, 6) is 1.47. The Morgan fingerprint density at radius 2 is 2.06 bits per heavy atom. The van der Waals surface area contributed by atoms with Crippen LogP contribution in [0.2, 0.25) is 0 Å². The highest BCUT2D eigenvalue weighted by Crippen LogP contribution is 2.20. The van der Waals surface area contributed by atoms with Gasteiger partial charge in [0.05, 0.1) is 0 Å². The average molecular weight is 241 g/mol. The summed E-state index contributed by atoms with van der Waals surface area (Å²) in [5, 5.41) is 4.56. The lowest BCUT2D eigenvalue weighted by Crippen LogP contribution is -2.23. The minimum atomic E-state index is 0.723. The highest BCUT2D eigenvalue weighted by molar-refractivity contribution is 7.15. The maximum atomic E-state index is 4.35. The zero-order chi connectivity index (χ0) is 12.1. The van der Waals surface area contributed by atoms with Crippen LogP contribution in [0.25, 0.3) is 0 Å². The van der Waals surface area contributed by atoms with Gasteiger partial charge in [-0.15, -0.1) is 11.3 Å². The first-order chi connectivity index (χ1) is 7.50. The first-order valence-electron chi connectivity index (χ1n) is 5.83. The smallest absolute Gasteiger partial charge is 0.185 e. The molecule has 92 valence electrons. The average Bonchev–Trinajstić information content (AvgIpc) is 2.66. The highest BCUT2D eigenvalue weighted by Gasteiger charge is 2.07. The van der Waals surface area contributed by atoms with Gasteiger partial charge in [0.15, 0.2) is 5.13 Å². The number of aromatic nitrogens is 1. The molecule has 0 saturated carbocycles. The number of hydrogen-bond donors (Lipinski definition) is 1. The Morgan fingerprint density at radius 1 is 1.38 bits per heavy atom. The van der Waals surface area contributed by atoms with Gasteiger partial charge in [0.2, 0.25) is 0 Å². The highest BCUT2D eigenvalue weighted by atomic mass is 32.1. The lowest BCUT2D eigenvalue weighted by Gasteiger charge is -2.15. The Kier molecular flexibility index (Phi) is 5.22. The van der Waals surface area contributed by atoms with Crippen LogP contribution in [-0.4, -0.2) is 25.6 Å². The lowest BCUT2D eigenvalue weighted by molar-refractivity contribution is 0.393. The van der Waals surface area contributed by atoms with Crippen LogP contribution in [0.1, 0.15) is 25.6 Å². The van der Waals surface area contributed by atoms with Crippen LogP contribution in [0.4, 0.5) is 5.13 Å². The van der Waals surface area contributed by atoms with E-state index in [0.717, 1.165) is 30.1 Å². The molecule has 0 aliphatic carbocycles. The molecule has 16 heavy (non-hydrogen) atoms. The Morgan fingerprint density at radius 3 is 2.56 bits per heavy atom. The fraction of sp³-hybridized carbons (Fsp3) is 0.750. The summed E-state index contributed by atoms with van der Waals surface area (Å²) in [7, 11) is 4.05. The van der Waals surface area contributed by atoms with Gasteiger partial charge in [-0.1, -0.05) is 20.8 Å². The van der Waals surface area contributed by atoms with Crippen molar-refractivity contribution in [2.24, 2.45) is 11.8 Å². The van der Waals surface area contributed by atoms with Crippen molar-refractivity contribution in [2.75, 3.05) is 25.5 Å². The Hall–Kier alpha value is -0.610. The summed E-state index contributed by atoms with van der Waals surface area (Å²) in [6.07, 6.45) is 1.97. The number of hydrogen-bond acceptors (Lipinski definition) is 4. The number of nitrogens with zero attached hydrogens (tertiary/aromatic N) is 2. The summed E-state index contributed by atoms with van der Waals surface area (Å²) in [6.45, 7) is 8.83. The van der Waals surface area contributed by atoms with E-state index >= 15 is 0 Å². The minimum absolute atomic E-state index is 0.723. The second kappa shape index (κ2) is 6.21. The van der Waals surface area contributed by atoms with E-state index in [1.54, 1.807) is 11.3 Å². The SMILES string of the molecule is CC(C)C(C)CNCc1cnc(N(C)C)s1. The van der Waals surface area contributed by atoms with Crippen molar-refractivity contribution in [2.45, 2.75) is 27.3 Å². The maximum absolute atomic E-state index is 4.35.